The molecule has 68 valence electrons. The fourth-order valence-electron chi connectivity index (χ4n) is 0.800. The average molecular weight is 175 g/mol. The summed E-state index contributed by atoms with van der Waals surface area (Å²) in [5.41, 5.74) is 4.84. The minimum Gasteiger partial charge on any atom is -0.380 e. The van der Waals surface area contributed by atoms with Crippen LogP contribution in [0.4, 0.5) is 8.78 Å². The molecule has 1 rings (SSSR count). The van der Waals surface area contributed by atoms with Crippen LogP contribution in [0.3, 0.4) is 0 Å². The predicted octanol–water partition coefficient (Wildman–Crippen LogP) is 0.668. The minimum atomic E-state index is -2.89. The Morgan fingerprint density at radius 1 is 1.58 bits per heavy atom. The maximum Gasteiger partial charge on any atom is 0.282 e. The normalized spacial score (nSPS) is 18.2. The zero-order chi connectivity index (χ0) is 9.19. The molecule has 1 unspecified atom stereocenters. The molecule has 0 aromatic rings. The molecule has 2 N–H and O–H groups in total. The second-order valence-electron chi connectivity index (χ2n) is 3.04. The van der Waals surface area contributed by atoms with Crippen molar-refractivity contribution in [1.29, 1.82) is 0 Å². The van der Waals surface area contributed by atoms with Gasteiger partial charge in [-0.05, 0) is 6.92 Å². The summed E-state index contributed by atoms with van der Waals surface area (Å²) < 4.78 is 30.0. The van der Waals surface area contributed by atoms with Crippen molar-refractivity contribution in [1.82, 2.24) is 0 Å². The lowest BCUT2D eigenvalue weighted by Crippen LogP contribution is -2.36. The van der Waals surface area contributed by atoms with Gasteiger partial charge in [-0.3, -0.25) is 0 Å². The quantitative estimate of drug-likeness (QED) is 0.623. The summed E-state index contributed by atoms with van der Waals surface area (Å²) in [6.45, 7) is 0.788. The smallest absolute Gasteiger partial charge is 0.282 e. The Bertz CT molecular complexity index is 180. The third kappa shape index (κ3) is 2.91. The fourth-order valence-corrected chi connectivity index (χ4v) is 0.800. The lowest BCUT2D eigenvalue weighted by Gasteiger charge is -2.17. The van der Waals surface area contributed by atoms with E-state index < -0.39 is 19.1 Å². The molecule has 0 saturated heterocycles. The highest BCUT2D eigenvalue weighted by atomic mass is 19.3. The maximum atomic E-state index is 12.5. The maximum absolute atomic E-state index is 12.5. The first-order valence-electron chi connectivity index (χ1n) is 3.93. The minimum absolute atomic E-state index is 0.151. The molecular weight excluding hydrogens is 163 g/mol. The molecule has 1 aliphatic heterocycles. The van der Waals surface area contributed by atoms with E-state index in [1.54, 1.807) is 6.92 Å². The molecule has 0 bridgehead atoms. The fraction of sp³-hybridized carbons (Fsp3) is 0.714. The summed E-state index contributed by atoms with van der Waals surface area (Å²) in [6, 6.07) is -0.151. The molecule has 1 heterocycles. The van der Waals surface area contributed by atoms with Crippen LogP contribution >= 0.6 is 0 Å². The Hall–Kier alpha value is -0.415. The van der Waals surface area contributed by atoms with Gasteiger partial charge in [-0.1, -0.05) is 0 Å². The Morgan fingerprint density at radius 3 is 2.58 bits per heavy atom. The highest BCUT2D eigenvalue weighted by molar-refractivity contribution is 6.80. The Balaban J connectivity index is 2.15. The van der Waals surface area contributed by atoms with E-state index >= 15 is 0 Å². The molecule has 0 saturated carbocycles. The zero-order valence-corrected chi connectivity index (χ0v) is 6.97. The molecule has 0 aliphatic carbocycles. The molecule has 2 nitrogen and oxygen atoms in total. The van der Waals surface area contributed by atoms with Gasteiger partial charge in [0.05, 0.1) is 6.54 Å². The van der Waals surface area contributed by atoms with Crippen LogP contribution in [0.1, 0.15) is 6.92 Å². The number of nitrogens with two attached hydrogens (primary N) is 1. The van der Waals surface area contributed by atoms with Crippen LogP contribution in [-0.2, 0) is 4.74 Å². The molecule has 0 aromatic carbocycles. The molecule has 12 heavy (non-hydrogen) atoms. The first kappa shape index (κ1) is 9.67. The van der Waals surface area contributed by atoms with Crippen LogP contribution in [0.25, 0.3) is 0 Å². The van der Waals surface area contributed by atoms with E-state index in [1.165, 1.54) is 0 Å². The molecular formula is C7H12BF2NO. The molecule has 0 radical (unpaired) electrons. The summed E-state index contributed by atoms with van der Waals surface area (Å²) in [6.07, 6.45) is 0. The van der Waals surface area contributed by atoms with E-state index in [2.05, 4.69) is 0 Å². The molecule has 0 aromatic heterocycles. The number of ether oxygens (including phenoxy) is 1. The van der Waals surface area contributed by atoms with Gasteiger partial charge >= 0.3 is 0 Å². The standard InChI is InChI=1S/C7H12BF2NO/c1-6(8-2-3-8)12-5-7(9,10)4-11/h2-3,6H,4-5,11H2,1H3. The number of hydrogen-bond donors (Lipinski definition) is 1. The van der Waals surface area contributed by atoms with E-state index in [-0.39, 0.29) is 12.7 Å². The van der Waals surface area contributed by atoms with Gasteiger partial charge in [0.15, 0.2) is 0 Å². The van der Waals surface area contributed by atoms with Crippen LogP contribution in [0.15, 0.2) is 12.0 Å². The monoisotopic (exact) mass is 175 g/mol. The summed E-state index contributed by atoms with van der Waals surface area (Å²) in [7, 11) is 0. The van der Waals surface area contributed by atoms with Gasteiger partial charge in [-0.25, -0.2) is 8.78 Å². The van der Waals surface area contributed by atoms with E-state index in [0.29, 0.717) is 0 Å². The van der Waals surface area contributed by atoms with Gasteiger partial charge in [0.25, 0.3) is 5.92 Å². The highest BCUT2D eigenvalue weighted by Crippen LogP contribution is 2.16. The van der Waals surface area contributed by atoms with Crippen molar-refractivity contribution in [2.45, 2.75) is 18.8 Å². The Kier molecular flexibility index (Phi) is 2.85. The lowest BCUT2D eigenvalue weighted by atomic mass is 9.62. The lowest BCUT2D eigenvalue weighted by molar-refractivity contribution is -0.0748. The van der Waals surface area contributed by atoms with Gasteiger partial charge in [-0.2, -0.15) is 0 Å². The second-order valence-corrected chi connectivity index (χ2v) is 3.04. The Morgan fingerprint density at radius 2 is 2.17 bits per heavy atom. The molecule has 0 amide bonds. The highest BCUT2D eigenvalue weighted by Gasteiger charge is 2.31. The van der Waals surface area contributed by atoms with Crippen LogP contribution in [0.5, 0.6) is 0 Å². The van der Waals surface area contributed by atoms with Gasteiger partial charge in [0.2, 0.25) is 6.71 Å². The van der Waals surface area contributed by atoms with Crippen molar-refractivity contribution < 1.29 is 13.5 Å². The number of hydrogen-bond acceptors (Lipinski definition) is 2. The number of alkyl halides is 2. The van der Waals surface area contributed by atoms with Crippen molar-refractivity contribution >= 4 is 6.71 Å². The van der Waals surface area contributed by atoms with Crippen LogP contribution in [0.2, 0.25) is 0 Å². The molecule has 0 spiro atoms. The Labute approximate surface area is 70.8 Å². The second kappa shape index (κ2) is 3.54. The predicted molar refractivity (Wildman–Crippen MR) is 44.3 cm³/mol. The van der Waals surface area contributed by atoms with Crippen LogP contribution < -0.4 is 5.73 Å². The first-order chi connectivity index (χ1) is 5.55. The van der Waals surface area contributed by atoms with Crippen molar-refractivity contribution in [2.75, 3.05) is 13.2 Å². The van der Waals surface area contributed by atoms with E-state index in [0.717, 1.165) is 0 Å². The van der Waals surface area contributed by atoms with Crippen molar-refractivity contribution in [2.24, 2.45) is 5.73 Å². The van der Waals surface area contributed by atoms with E-state index in [4.69, 9.17) is 10.5 Å². The first-order valence-corrected chi connectivity index (χ1v) is 3.93. The van der Waals surface area contributed by atoms with E-state index in [1.807, 2.05) is 12.0 Å². The van der Waals surface area contributed by atoms with Gasteiger partial charge in [0.1, 0.15) is 6.61 Å². The van der Waals surface area contributed by atoms with Crippen molar-refractivity contribution in [3.05, 3.63) is 12.0 Å². The van der Waals surface area contributed by atoms with Gasteiger partial charge in [-0.15, -0.1) is 12.0 Å². The molecule has 0 fully saturated rings. The molecule has 5 heteroatoms. The van der Waals surface area contributed by atoms with E-state index in [9.17, 15) is 8.78 Å². The van der Waals surface area contributed by atoms with Crippen molar-refractivity contribution in [3.63, 3.8) is 0 Å². The van der Waals surface area contributed by atoms with Gasteiger partial charge < -0.3 is 10.5 Å². The topological polar surface area (TPSA) is 35.2 Å². The average Bonchev–Trinajstić information content (AvgIpc) is 2.83. The largest absolute Gasteiger partial charge is 0.380 e. The van der Waals surface area contributed by atoms with Gasteiger partial charge in [0, 0.05) is 6.00 Å². The van der Waals surface area contributed by atoms with Crippen molar-refractivity contribution in [3.8, 4) is 0 Å². The summed E-state index contributed by atoms with van der Waals surface area (Å²) in [4.78, 5) is 0. The number of halogens is 2. The molecule has 1 aliphatic rings. The molecule has 1 atom stereocenters. The third-order valence-electron chi connectivity index (χ3n) is 1.81. The summed E-state index contributed by atoms with van der Waals surface area (Å²) in [5.74, 6) is 0.958. The summed E-state index contributed by atoms with van der Waals surface area (Å²) >= 11 is 0. The van der Waals surface area contributed by atoms with Crippen LogP contribution in [0, 0.1) is 0 Å². The number of rotatable bonds is 5. The summed E-state index contributed by atoms with van der Waals surface area (Å²) in [5, 5.41) is 0. The van der Waals surface area contributed by atoms with Crippen LogP contribution in [-0.4, -0.2) is 31.8 Å². The third-order valence-corrected chi connectivity index (χ3v) is 1.81. The zero-order valence-electron chi connectivity index (χ0n) is 6.97. The SMILES string of the molecule is CC(OCC(F)(F)CN)B1C=C1.